The molecule has 90 valence electrons. The highest BCUT2D eigenvalue weighted by Crippen LogP contribution is 2.23. The number of nitrogens with one attached hydrogen (secondary N) is 1. The van der Waals surface area contributed by atoms with Crippen LogP contribution in [-0.2, 0) is 0 Å². The molecule has 3 nitrogen and oxygen atoms in total. The minimum atomic E-state index is 0.688. The van der Waals surface area contributed by atoms with Crippen molar-refractivity contribution in [2.45, 2.75) is 12.8 Å². The molecule has 0 radical (unpaired) electrons. The summed E-state index contributed by atoms with van der Waals surface area (Å²) in [6.45, 7) is 2.06. The molecule has 0 aliphatic heterocycles. The van der Waals surface area contributed by atoms with Crippen LogP contribution in [0.4, 0.5) is 11.4 Å². The molecule has 1 aromatic rings. The van der Waals surface area contributed by atoms with Gasteiger partial charge in [-0.15, -0.1) is 0 Å². The van der Waals surface area contributed by atoms with Crippen LogP contribution in [0.2, 0.25) is 5.02 Å². The first-order chi connectivity index (χ1) is 7.59. The Bertz CT molecular complexity index is 326. The summed E-state index contributed by atoms with van der Waals surface area (Å²) in [5, 5.41) is 4.00. The van der Waals surface area contributed by atoms with Crippen molar-refractivity contribution in [2.75, 3.05) is 38.2 Å². The number of halogens is 1. The molecule has 16 heavy (non-hydrogen) atoms. The van der Waals surface area contributed by atoms with Crippen LogP contribution in [0.25, 0.3) is 0 Å². The standard InChI is InChI=1S/C12H20ClN3/c1-16(2)8-4-3-7-15-12-6-5-10(14)9-11(12)13/h5-6,9,15H,3-4,7-8,14H2,1-2H3. The number of hydrogen-bond acceptors (Lipinski definition) is 3. The molecule has 0 spiro atoms. The van der Waals surface area contributed by atoms with Crippen molar-refractivity contribution in [3.05, 3.63) is 23.2 Å². The summed E-state index contributed by atoms with van der Waals surface area (Å²) in [6, 6.07) is 5.54. The van der Waals surface area contributed by atoms with Crippen LogP contribution >= 0.6 is 11.6 Å². The Morgan fingerprint density at radius 1 is 1.31 bits per heavy atom. The van der Waals surface area contributed by atoms with Crippen molar-refractivity contribution < 1.29 is 0 Å². The van der Waals surface area contributed by atoms with E-state index in [4.69, 9.17) is 17.3 Å². The van der Waals surface area contributed by atoms with Crippen LogP contribution in [0.15, 0.2) is 18.2 Å². The van der Waals surface area contributed by atoms with Gasteiger partial charge in [0.1, 0.15) is 0 Å². The fourth-order valence-corrected chi connectivity index (χ4v) is 1.71. The fourth-order valence-electron chi connectivity index (χ4n) is 1.45. The van der Waals surface area contributed by atoms with Gasteiger partial charge in [0.05, 0.1) is 10.7 Å². The van der Waals surface area contributed by atoms with E-state index in [9.17, 15) is 0 Å². The van der Waals surface area contributed by atoms with Gasteiger partial charge >= 0.3 is 0 Å². The molecular weight excluding hydrogens is 222 g/mol. The van der Waals surface area contributed by atoms with Crippen LogP contribution in [0.1, 0.15) is 12.8 Å². The van der Waals surface area contributed by atoms with E-state index < -0.39 is 0 Å². The predicted molar refractivity (Wildman–Crippen MR) is 72.1 cm³/mol. The first-order valence-corrected chi connectivity index (χ1v) is 5.91. The number of rotatable bonds is 6. The highest BCUT2D eigenvalue weighted by Gasteiger charge is 1.99. The third-order valence-corrected chi connectivity index (χ3v) is 2.65. The number of nitrogens with two attached hydrogens (primary N) is 1. The van der Waals surface area contributed by atoms with E-state index in [2.05, 4.69) is 24.3 Å². The van der Waals surface area contributed by atoms with E-state index >= 15 is 0 Å². The summed E-state index contributed by atoms with van der Waals surface area (Å²) in [7, 11) is 4.18. The van der Waals surface area contributed by atoms with E-state index in [1.165, 1.54) is 6.42 Å². The smallest absolute Gasteiger partial charge is 0.0657 e. The summed E-state index contributed by atoms with van der Waals surface area (Å²) in [5.41, 5.74) is 7.28. The quantitative estimate of drug-likeness (QED) is 0.594. The van der Waals surface area contributed by atoms with Crippen molar-refractivity contribution >= 4 is 23.0 Å². The minimum Gasteiger partial charge on any atom is -0.399 e. The third-order valence-electron chi connectivity index (χ3n) is 2.34. The van der Waals surface area contributed by atoms with Crippen LogP contribution < -0.4 is 11.1 Å². The van der Waals surface area contributed by atoms with Gasteiger partial charge < -0.3 is 16.0 Å². The van der Waals surface area contributed by atoms with Gasteiger partial charge in [-0.25, -0.2) is 0 Å². The molecule has 1 aromatic carbocycles. The normalized spacial score (nSPS) is 10.8. The number of anilines is 2. The lowest BCUT2D eigenvalue weighted by Crippen LogP contribution is -2.14. The molecule has 0 atom stereocenters. The molecule has 0 aliphatic rings. The second-order valence-corrected chi connectivity index (χ2v) is 4.58. The van der Waals surface area contributed by atoms with Gasteiger partial charge in [0.15, 0.2) is 0 Å². The summed E-state index contributed by atoms with van der Waals surface area (Å²) < 4.78 is 0. The zero-order valence-corrected chi connectivity index (χ0v) is 10.7. The highest BCUT2D eigenvalue weighted by molar-refractivity contribution is 6.33. The van der Waals surface area contributed by atoms with Crippen molar-refractivity contribution in [3.8, 4) is 0 Å². The summed E-state index contributed by atoms with van der Waals surface area (Å²) in [4.78, 5) is 2.19. The van der Waals surface area contributed by atoms with Gasteiger partial charge in [-0.05, 0) is 51.7 Å². The second-order valence-electron chi connectivity index (χ2n) is 4.18. The Kier molecular flexibility index (Phi) is 5.43. The molecule has 0 saturated heterocycles. The second kappa shape index (κ2) is 6.61. The monoisotopic (exact) mass is 241 g/mol. The Balaban J connectivity index is 2.27. The summed E-state index contributed by atoms with van der Waals surface area (Å²) >= 11 is 6.04. The van der Waals surface area contributed by atoms with Gasteiger partial charge in [-0.1, -0.05) is 11.6 Å². The SMILES string of the molecule is CN(C)CCCCNc1ccc(N)cc1Cl. The van der Waals surface area contributed by atoms with Gasteiger partial charge in [0.2, 0.25) is 0 Å². The molecule has 0 unspecified atom stereocenters. The molecule has 4 heteroatoms. The van der Waals surface area contributed by atoms with Crippen molar-refractivity contribution in [1.29, 1.82) is 0 Å². The number of benzene rings is 1. The lowest BCUT2D eigenvalue weighted by Gasteiger charge is -2.11. The van der Waals surface area contributed by atoms with Gasteiger partial charge in [0.25, 0.3) is 0 Å². The summed E-state index contributed by atoms with van der Waals surface area (Å²) in [5.74, 6) is 0. The number of nitrogen functional groups attached to an aromatic ring is 1. The zero-order valence-electron chi connectivity index (χ0n) is 9.96. The Morgan fingerprint density at radius 3 is 2.69 bits per heavy atom. The molecule has 3 N–H and O–H groups in total. The Labute approximate surface area is 103 Å². The molecule has 0 saturated carbocycles. The maximum Gasteiger partial charge on any atom is 0.0657 e. The van der Waals surface area contributed by atoms with E-state index in [-0.39, 0.29) is 0 Å². The number of unbranched alkanes of at least 4 members (excludes halogenated alkanes) is 1. The van der Waals surface area contributed by atoms with Crippen LogP contribution in [0.3, 0.4) is 0 Å². The lowest BCUT2D eigenvalue weighted by atomic mass is 10.2. The number of hydrogen-bond donors (Lipinski definition) is 2. The van der Waals surface area contributed by atoms with Crippen molar-refractivity contribution in [3.63, 3.8) is 0 Å². The Hall–Kier alpha value is -0.930. The average Bonchev–Trinajstić information content (AvgIpc) is 2.20. The first kappa shape index (κ1) is 13.1. The molecule has 0 fully saturated rings. The minimum absolute atomic E-state index is 0.688. The highest BCUT2D eigenvalue weighted by atomic mass is 35.5. The molecule has 0 heterocycles. The molecular formula is C12H20ClN3. The molecule has 1 rings (SSSR count). The third kappa shape index (κ3) is 4.73. The fraction of sp³-hybridized carbons (Fsp3) is 0.500. The maximum absolute atomic E-state index is 6.04. The van der Waals surface area contributed by atoms with Crippen molar-refractivity contribution in [2.24, 2.45) is 0 Å². The molecule has 0 aliphatic carbocycles. The van der Waals surface area contributed by atoms with Crippen LogP contribution in [0, 0.1) is 0 Å². The lowest BCUT2D eigenvalue weighted by molar-refractivity contribution is 0.396. The van der Waals surface area contributed by atoms with E-state index in [0.29, 0.717) is 10.7 Å². The van der Waals surface area contributed by atoms with E-state index in [1.54, 1.807) is 6.07 Å². The molecule has 0 bridgehead atoms. The first-order valence-electron chi connectivity index (χ1n) is 5.53. The van der Waals surface area contributed by atoms with Crippen molar-refractivity contribution in [1.82, 2.24) is 4.90 Å². The predicted octanol–water partition coefficient (Wildman–Crippen LogP) is 2.68. The zero-order chi connectivity index (χ0) is 12.0. The number of nitrogens with zero attached hydrogens (tertiary/aromatic N) is 1. The largest absolute Gasteiger partial charge is 0.399 e. The average molecular weight is 242 g/mol. The van der Waals surface area contributed by atoms with E-state index in [1.807, 2.05) is 12.1 Å². The Morgan fingerprint density at radius 2 is 2.06 bits per heavy atom. The van der Waals surface area contributed by atoms with Gasteiger partial charge in [-0.3, -0.25) is 0 Å². The molecule has 0 aromatic heterocycles. The van der Waals surface area contributed by atoms with E-state index in [0.717, 1.165) is 25.2 Å². The van der Waals surface area contributed by atoms with Gasteiger partial charge in [-0.2, -0.15) is 0 Å². The topological polar surface area (TPSA) is 41.3 Å². The maximum atomic E-state index is 6.04. The van der Waals surface area contributed by atoms with Crippen LogP contribution in [0.5, 0.6) is 0 Å². The van der Waals surface area contributed by atoms with Crippen LogP contribution in [-0.4, -0.2) is 32.1 Å². The molecule has 0 amide bonds. The van der Waals surface area contributed by atoms with Gasteiger partial charge in [0, 0.05) is 12.2 Å². The summed E-state index contributed by atoms with van der Waals surface area (Å²) in [6.07, 6.45) is 2.32.